The molecule has 0 fully saturated rings. The van der Waals surface area contributed by atoms with E-state index < -0.39 is 25.9 Å². The monoisotopic (exact) mass is 363 g/mol. The first-order valence-corrected chi connectivity index (χ1v) is 8.35. The van der Waals surface area contributed by atoms with Gasteiger partial charge in [-0.25, -0.2) is 17.8 Å². The molecule has 0 saturated heterocycles. The molecule has 0 amide bonds. The molecule has 2 heterocycles. The van der Waals surface area contributed by atoms with Crippen LogP contribution in [0.3, 0.4) is 0 Å². The zero-order valence-corrected chi connectivity index (χ0v) is 13.7. The summed E-state index contributed by atoms with van der Waals surface area (Å²) in [5.74, 6) is -0.983. The molecule has 0 aromatic carbocycles. The molecule has 5 nitrogen and oxygen atoms in total. The van der Waals surface area contributed by atoms with Crippen molar-refractivity contribution < 1.29 is 12.8 Å². The second-order valence-corrected chi connectivity index (χ2v) is 8.86. The lowest BCUT2D eigenvalue weighted by molar-refractivity contribution is 0.460. The number of hydrogen-bond donors (Lipinski definition) is 1. The number of amidine groups is 1. The smallest absolute Gasteiger partial charge is 0.165 e. The van der Waals surface area contributed by atoms with Crippen LogP contribution in [0.1, 0.15) is 26.5 Å². The lowest BCUT2D eigenvalue weighted by atomic mass is 9.98. The van der Waals surface area contributed by atoms with Gasteiger partial charge in [-0.05, 0) is 48.8 Å². The molecule has 0 spiro atoms. The third-order valence-corrected chi connectivity index (χ3v) is 6.70. The first-order chi connectivity index (χ1) is 8.99. The van der Waals surface area contributed by atoms with Crippen molar-refractivity contribution in [3.05, 3.63) is 28.2 Å². The SMILES string of the molecule is CC1(C)C(N)=N[C@@](C)(c2nc(Br)ccc2F)CS1(=O)=O. The number of rotatable bonds is 1. The highest BCUT2D eigenvalue weighted by atomic mass is 79.9. The van der Waals surface area contributed by atoms with Gasteiger partial charge in [-0.2, -0.15) is 0 Å². The number of nitrogens with zero attached hydrogens (tertiary/aromatic N) is 2. The zero-order valence-electron chi connectivity index (χ0n) is 11.3. The summed E-state index contributed by atoms with van der Waals surface area (Å²) in [5.41, 5.74) is 4.44. The minimum absolute atomic E-state index is 0.0334. The normalized spacial score (nSPS) is 27.9. The first kappa shape index (κ1) is 15.4. The van der Waals surface area contributed by atoms with Crippen LogP contribution in [0.25, 0.3) is 0 Å². The number of sulfone groups is 1. The summed E-state index contributed by atoms with van der Waals surface area (Å²) >= 11 is 3.15. The van der Waals surface area contributed by atoms with Crippen molar-refractivity contribution >= 4 is 31.6 Å². The van der Waals surface area contributed by atoms with Gasteiger partial charge in [0.15, 0.2) is 9.84 Å². The minimum Gasteiger partial charge on any atom is -0.386 e. The number of aromatic nitrogens is 1. The number of nitrogens with two attached hydrogens (primary N) is 1. The van der Waals surface area contributed by atoms with E-state index in [2.05, 4.69) is 25.9 Å². The molecule has 2 N–H and O–H groups in total. The molecule has 1 aromatic rings. The van der Waals surface area contributed by atoms with E-state index in [9.17, 15) is 12.8 Å². The van der Waals surface area contributed by atoms with Gasteiger partial charge in [0, 0.05) is 0 Å². The quantitative estimate of drug-likeness (QED) is 0.770. The van der Waals surface area contributed by atoms with Crippen molar-refractivity contribution in [2.24, 2.45) is 10.7 Å². The van der Waals surface area contributed by atoms with Crippen molar-refractivity contribution in [2.75, 3.05) is 5.75 Å². The van der Waals surface area contributed by atoms with Crippen molar-refractivity contribution in [1.82, 2.24) is 4.98 Å². The van der Waals surface area contributed by atoms with Gasteiger partial charge < -0.3 is 5.73 Å². The van der Waals surface area contributed by atoms with Crippen molar-refractivity contribution in [3.8, 4) is 0 Å². The zero-order chi connectivity index (χ0) is 15.3. The van der Waals surface area contributed by atoms with Gasteiger partial charge in [0.25, 0.3) is 0 Å². The third kappa shape index (κ3) is 2.24. The Morgan fingerprint density at radius 2 is 1.95 bits per heavy atom. The maximum absolute atomic E-state index is 14.0. The number of aliphatic imine (C=N–C) groups is 1. The maximum atomic E-state index is 14.0. The summed E-state index contributed by atoms with van der Waals surface area (Å²) in [6.07, 6.45) is 0. The second-order valence-electron chi connectivity index (χ2n) is 5.50. The average Bonchev–Trinajstić information content (AvgIpc) is 2.29. The van der Waals surface area contributed by atoms with Crippen molar-refractivity contribution in [3.63, 3.8) is 0 Å². The van der Waals surface area contributed by atoms with Crippen LogP contribution >= 0.6 is 15.9 Å². The van der Waals surface area contributed by atoms with Crippen LogP contribution in [0.15, 0.2) is 21.7 Å². The predicted octanol–water partition coefficient (Wildman–Crippen LogP) is 1.76. The van der Waals surface area contributed by atoms with Crippen LogP contribution in [0.4, 0.5) is 4.39 Å². The van der Waals surface area contributed by atoms with E-state index in [0.717, 1.165) is 0 Å². The third-order valence-electron chi connectivity index (χ3n) is 3.55. The highest BCUT2D eigenvalue weighted by Crippen LogP contribution is 2.37. The second kappa shape index (κ2) is 4.49. The summed E-state index contributed by atoms with van der Waals surface area (Å²) in [5, 5.41) is 0. The molecule has 1 aliphatic heterocycles. The van der Waals surface area contributed by atoms with Gasteiger partial charge in [0.2, 0.25) is 0 Å². The minimum atomic E-state index is -3.57. The maximum Gasteiger partial charge on any atom is 0.165 e. The van der Waals surface area contributed by atoms with Crippen LogP contribution in [-0.2, 0) is 15.4 Å². The van der Waals surface area contributed by atoms with E-state index in [0.29, 0.717) is 4.60 Å². The Hall–Kier alpha value is -1.02. The predicted molar refractivity (Wildman–Crippen MR) is 78.7 cm³/mol. The molecule has 110 valence electrons. The van der Waals surface area contributed by atoms with E-state index in [1.54, 1.807) is 0 Å². The van der Waals surface area contributed by atoms with E-state index in [1.807, 2.05) is 0 Å². The highest BCUT2D eigenvalue weighted by molar-refractivity contribution is 9.10. The van der Waals surface area contributed by atoms with E-state index >= 15 is 0 Å². The Bertz CT molecular complexity index is 703. The fraction of sp³-hybridized carbons (Fsp3) is 0.500. The Morgan fingerprint density at radius 3 is 2.50 bits per heavy atom. The lowest BCUT2D eigenvalue weighted by Crippen LogP contribution is -2.55. The molecule has 0 radical (unpaired) electrons. The molecule has 2 rings (SSSR count). The summed E-state index contributed by atoms with van der Waals surface area (Å²) in [4.78, 5) is 8.26. The highest BCUT2D eigenvalue weighted by Gasteiger charge is 2.50. The van der Waals surface area contributed by atoms with Gasteiger partial charge in [0.1, 0.15) is 32.2 Å². The summed E-state index contributed by atoms with van der Waals surface area (Å²) in [7, 11) is -3.57. The fourth-order valence-electron chi connectivity index (χ4n) is 2.06. The van der Waals surface area contributed by atoms with E-state index in [4.69, 9.17) is 5.73 Å². The van der Waals surface area contributed by atoms with E-state index in [-0.39, 0.29) is 17.3 Å². The number of halogens is 2. The van der Waals surface area contributed by atoms with Gasteiger partial charge >= 0.3 is 0 Å². The largest absolute Gasteiger partial charge is 0.386 e. The van der Waals surface area contributed by atoms with Crippen LogP contribution in [-0.4, -0.2) is 29.7 Å². The molecule has 20 heavy (non-hydrogen) atoms. The molecule has 0 bridgehead atoms. The van der Waals surface area contributed by atoms with Crippen LogP contribution in [0.5, 0.6) is 0 Å². The fourth-order valence-corrected chi connectivity index (χ4v) is 4.04. The Labute approximate surface area is 125 Å². The van der Waals surface area contributed by atoms with Crippen LogP contribution in [0, 0.1) is 5.82 Å². The standard InChI is InChI=1S/C12H15BrFN3O2S/c1-11(2)10(15)17-12(3,6-20(11,18)19)9-7(14)4-5-8(13)16-9/h4-5H,6H2,1-3H3,(H2,15,17)/t12-/m1/s1. The van der Waals surface area contributed by atoms with Gasteiger partial charge in [-0.15, -0.1) is 0 Å². The number of hydrogen-bond acceptors (Lipinski definition) is 5. The molecule has 0 aliphatic carbocycles. The van der Waals surface area contributed by atoms with E-state index in [1.165, 1.54) is 32.9 Å². The molecule has 0 unspecified atom stereocenters. The van der Waals surface area contributed by atoms with Gasteiger partial charge in [0.05, 0.1) is 5.75 Å². The van der Waals surface area contributed by atoms with Crippen molar-refractivity contribution in [2.45, 2.75) is 31.1 Å². The van der Waals surface area contributed by atoms with Crippen LogP contribution in [0.2, 0.25) is 0 Å². The average molecular weight is 364 g/mol. The molecular weight excluding hydrogens is 349 g/mol. The summed E-state index contributed by atoms with van der Waals surface area (Å²) in [6, 6.07) is 2.66. The molecule has 1 aromatic heterocycles. The molecule has 1 aliphatic rings. The Balaban J connectivity index is 2.69. The summed E-state index contributed by atoms with van der Waals surface area (Å²) in [6.45, 7) is 4.50. The van der Waals surface area contributed by atoms with Gasteiger partial charge in [-0.1, -0.05) is 0 Å². The Morgan fingerprint density at radius 1 is 1.35 bits per heavy atom. The van der Waals surface area contributed by atoms with Gasteiger partial charge in [-0.3, -0.25) is 4.99 Å². The molecule has 1 atom stereocenters. The molecule has 0 saturated carbocycles. The topological polar surface area (TPSA) is 85.4 Å². The lowest BCUT2D eigenvalue weighted by Gasteiger charge is -2.37. The molecular formula is C12H15BrFN3O2S. The number of pyridine rings is 1. The molecule has 8 heteroatoms. The first-order valence-electron chi connectivity index (χ1n) is 5.90. The summed E-state index contributed by atoms with van der Waals surface area (Å²) < 4.78 is 37.9. The van der Waals surface area contributed by atoms with Crippen LogP contribution < -0.4 is 5.73 Å². The van der Waals surface area contributed by atoms with Crippen molar-refractivity contribution in [1.29, 1.82) is 0 Å². The Kier molecular flexibility index (Phi) is 3.45.